The van der Waals surface area contributed by atoms with E-state index < -0.39 is 51.1 Å². The van der Waals surface area contributed by atoms with Crippen LogP contribution in [0.3, 0.4) is 0 Å². The Balaban J connectivity index is 1.44. The number of benzene rings is 2. The van der Waals surface area contributed by atoms with Crippen molar-refractivity contribution in [3.63, 3.8) is 0 Å². The standard InChI is InChI=1S/C25H19F6N5O4S/c26-24(27,28)16-8-6-15(7-9-16)19-13-21(25(29,30)31)36-22(34-19)20(14-32-36)40-23(37)33-17-4-3-5-18(12-17)41(38,39)35-10-1-2-11-35/h3-9,12-14H,1-2,10-11H2,(H,33,37). The average molecular weight is 600 g/mol. The van der Waals surface area contributed by atoms with Crippen LogP contribution in [0, 0.1) is 0 Å². The Morgan fingerprint density at radius 1 is 0.927 bits per heavy atom. The zero-order chi connectivity index (χ0) is 29.6. The molecule has 5 rings (SSSR count). The van der Waals surface area contributed by atoms with Crippen molar-refractivity contribution in [1.29, 1.82) is 0 Å². The number of hydrogen-bond acceptors (Lipinski definition) is 6. The largest absolute Gasteiger partial charge is 0.433 e. The SMILES string of the molecule is O=C(Nc1cccc(S(=O)(=O)N2CCCC2)c1)Oc1cnn2c(C(F)(F)F)cc(-c3ccc(C(F)(F)F)cc3)nc12. The summed E-state index contributed by atoms with van der Waals surface area (Å²) in [6.07, 6.45) is -8.49. The summed E-state index contributed by atoms with van der Waals surface area (Å²) >= 11 is 0. The number of carbonyl (C=O) groups excluding carboxylic acids is 1. The third-order valence-corrected chi connectivity index (χ3v) is 8.12. The molecule has 1 N–H and O–H groups in total. The number of ether oxygens (including phenoxy) is 1. The van der Waals surface area contributed by atoms with Crippen molar-refractivity contribution >= 4 is 27.5 Å². The highest BCUT2D eigenvalue weighted by Gasteiger charge is 2.36. The second-order valence-electron chi connectivity index (χ2n) is 9.00. The molecule has 0 unspecified atom stereocenters. The summed E-state index contributed by atoms with van der Waals surface area (Å²) in [5.41, 5.74) is -3.20. The van der Waals surface area contributed by atoms with Gasteiger partial charge in [-0.25, -0.2) is 22.7 Å². The van der Waals surface area contributed by atoms with Crippen molar-refractivity contribution in [3.05, 3.63) is 72.1 Å². The van der Waals surface area contributed by atoms with Crippen molar-refractivity contribution < 1.29 is 44.3 Å². The van der Waals surface area contributed by atoms with Gasteiger partial charge in [0.05, 0.1) is 22.3 Å². The molecule has 0 radical (unpaired) electrons. The second-order valence-corrected chi connectivity index (χ2v) is 10.9. The summed E-state index contributed by atoms with van der Waals surface area (Å²) in [6.45, 7) is 0.746. The summed E-state index contributed by atoms with van der Waals surface area (Å²) in [5, 5.41) is 5.93. The third kappa shape index (κ3) is 5.83. The number of carbonyl (C=O) groups is 1. The van der Waals surface area contributed by atoms with E-state index in [1.807, 2.05) is 0 Å². The molecule has 0 spiro atoms. The topological polar surface area (TPSA) is 106 Å². The van der Waals surface area contributed by atoms with Gasteiger partial charge in [-0.15, -0.1) is 0 Å². The molecular formula is C25H19F6N5O4S. The number of anilines is 1. The van der Waals surface area contributed by atoms with Crippen molar-refractivity contribution in [2.45, 2.75) is 30.1 Å². The van der Waals surface area contributed by atoms with Gasteiger partial charge in [0.2, 0.25) is 10.0 Å². The van der Waals surface area contributed by atoms with Gasteiger partial charge in [0.15, 0.2) is 17.1 Å². The number of aromatic nitrogens is 3. The van der Waals surface area contributed by atoms with Crippen LogP contribution in [0.4, 0.5) is 36.8 Å². The maximum atomic E-state index is 13.8. The van der Waals surface area contributed by atoms with Crippen LogP contribution in [0.15, 0.2) is 65.7 Å². The first-order valence-electron chi connectivity index (χ1n) is 12.0. The van der Waals surface area contributed by atoms with Gasteiger partial charge in [-0.05, 0) is 49.2 Å². The van der Waals surface area contributed by atoms with Crippen LogP contribution in [0.1, 0.15) is 24.1 Å². The number of rotatable bonds is 5. The molecule has 3 heterocycles. The maximum Gasteiger partial charge on any atom is 0.433 e. The fraction of sp³-hybridized carbons (Fsp3) is 0.240. The van der Waals surface area contributed by atoms with Gasteiger partial charge >= 0.3 is 18.4 Å². The molecule has 41 heavy (non-hydrogen) atoms. The Morgan fingerprint density at radius 2 is 1.61 bits per heavy atom. The lowest BCUT2D eigenvalue weighted by molar-refractivity contribution is -0.142. The summed E-state index contributed by atoms with van der Waals surface area (Å²) in [4.78, 5) is 16.6. The Labute approximate surface area is 228 Å². The second kappa shape index (κ2) is 10.3. The van der Waals surface area contributed by atoms with Crippen molar-refractivity contribution in [2.75, 3.05) is 18.4 Å². The van der Waals surface area contributed by atoms with Gasteiger partial charge in [-0.3, -0.25) is 5.32 Å². The van der Waals surface area contributed by atoms with E-state index in [-0.39, 0.29) is 21.8 Å². The van der Waals surface area contributed by atoms with Gasteiger partial charge in [0.1, 0.15) is 0 Å². The Morgan fingerprint density at radius 3 is 2.24 bits per heavy atom. The van der Waals surface area contributed by atoms with Crippen LogP contribution in [0.25, 0.3) is 16.9 Å². The average Bonchev–Trinajstić information content (AvgIpc) is 3.59. The van der Waals surface area contributed by atoms with Gasteiger partial charge in [-0.1, -0.05) is 18.2 Å². The lowest BCUT2D eigenvalue weighted by Crippen LogP contribution is -2.28. The smallest absolute Gasteiger partial charge is 0.404 e. The molecule has 2 aromatic carbocycles. The minimum atomic E-state index is -4.95. The highest BCUT2D eigenvalue weighted by Crippen LogP contribution is 2.35. The number of nitrogens with zero attached hydrogens (tertiary/aromatic N) is 4. The maximum absolute atomic E-state index is 13.8. The molecule has 1 amide bonds. The summed E-state index contributed by atoms with van der Waals surface area (Å²) < 4.78 is 113. The molecule has 1 fully saturated rings. The molecule has 0 atom stereocenters. The van der Waals surface area contributed by atoms with Crippen LogP contribution in [-0.2, 0) is 22.4 Å². The van der Waals surface area contributed by atoms with Gasteiger partial charge in [-0.2, -0.15) is 35.7 Å². The van der Waals surface area contributed by atoms with E-state index in [1.165, 1.54) is 28.6 Å². The van der Waals surface area contributed by atoms with Gasteiger partial charge < -0.3 is 4.74 Å². The van der Waals surface area contributed by atoms with Crippen molar-refractivity contribution in [3.8, 4) is 17.0 Å². The molecule has 2 aromatic heterocycles. The first kappa shape index (κ1) is 28.4. The molecule has 0 bridgehead atoms. The summed E-state index contributed by atoms with van der Waals surface area (Å²) in [7, 11) is -3.79. The molecule has 9 nitrogen and oxygen atoms in total. The Bertz CT molecular complexity index is 1710. The lowest BCUT2D eigenvalue weighted by Gasteiger charge is -2.16. The highest BCUT2D eigenvalue weighted by molar-refractivity contribution is 7.89. The molecule has 1 aliphatic rings. The van der Waals surface area contributed by atoms with Crippen molar-refractivity contribution in [1.82, 2.24) is 18.9 Å². The van der Waals surface area contributed by atoms with Crippen LogP contribution >= 0.6 is 0 Å². The fourth-order valence-corrected chi connectivity index (χ4v) is 5.81. The fourth-order valence-electron chi connectivity index (χ4n) is 4.25. The van der Waals surface area contributed by atoms with Gasteiger partial charge in [0.25, 0.3) is 0 Å². The van der Waals surface area contributed by atoms with Gasteiger partial charge in [0, 0.05) is 24.3 Å². The van der Waals surface area contributed by atoms with Crippen LogP contribution in [0.5, 0.6) is 5.75 Å². The first-order chi connectivity index (χ1) is 19.2. The normalized spacial score (nSPS) is 14.9. The molecule has 216 valence electrons. The van der Waals surface area contributed by atoms with E-state index in [9.17, 15) is 39.6 Å². The number of fused-ring (bicyclic) bond motifs is 1. The Hall–Kier alpha value is -4.18. The quantitative estimate of drug-likeness (QED) is 0.290. The van der Waals surface area contributed by atoms with Crippen molar-refractivity contribution in [2.24, 2.45) is 0 Å². The van der Waals surface area contributed by atoms with Crippen LogP contribution in [-0.4, -0.2) is 46.5 Å². The molecule has 16 heteroatoms. The van der Waals surface area contributed by atoms with E-state index in [1.54, 1.807) is 0 Å². The number of alkyl halides is 6. The number of sulfonamides is 1. The minimum Gasteiger partial charge on any atom is -0.404 e. The van der Waals surface area contributed by atoms with E-state index in [0.717, 1.165) is 31.2 Å². The number of nitrogens with one attached hydrogen (secondary N) is 1. The minimum absolute atomic E-state index is 0.0427. The molecule has 1 saturated heterocycles. The van der Waals surface area contributed by atoms with Crippen LogP contribution in [0.2, 0.25) is 0 Å². The zero-order valence-electron chi connectivity index (χ0n) is 20.7. The summed E-state index contributed by atoms with van der Waals surface area (Å²) in [6, 6.07) is 9.32. The zero-order valence-corrected chi connectivity index (χ0v) is 21.5. The third-order valence-electron chi connectivity index (χ3n) is 6.22. The van der Waals surface area contributed by atoms with Crippen LogP contribution < -0.4 is 10.1 Å². The van der Waals surface area contributed by atoms with E-state index in [4.69, 9.17) is 4.74 Å². The molecule has 0 aliphatic carbocycles. The van der Waals surface area contributed by atoms with E-state index >= 15 is 0 Å². The lowest BCUT2D eigenvalue weighted by atomic mass is 10.1. The number of halogens is 6. The Kier molecular flexibility index (Phi) is 7.15. The molecule has 0 saturated carbocycles. The number of hydrogen-bond donors (Lipinski definition) is 1. The highest BCUT2D eigenvalue weighted by atomic mass is 32.2. The predicted molar refractivity (Wildman–Crippen MR) is 133 cm³/mol. The van der Waals surface area contributed by atoms with E-state index in [2.05, 4.69) is 15.4 Å². The first-order valence-corrected chi connectivity index (χ1v) is 13.4. The molecule has 1 aliphatic heterocycles. The molecule has 4 aromatic rings. The van der Waals surface area contributed by atoms with E-state index in [0.29, 0.717) is 35.8 Å². The monoisotopic (exact) mass is 599 g/mol. The molecular weight excluding hydrogens is 580 g/mol. The predicted octanol–water partition coefficient (Wildman–Crippen LogP) is 5.83. The summed E-state index contributed by atoms with van der Waals surface area (Å²) in [5.74, 6) is -0.484. The number of amides is 1.